The van der Waals surface area contributed by atoms with E-state index < -0.39 is 12.4 Å². The van der Waals surface area contributed by atoms with Crippen molar-refractivity contribution >= 4 is 22.6 Å². The number of aromatic nitrogens is 1. The van der Waals surface area contributed by atoms with Crippen LogP contribution in [0.2, 0.25) is 0 Å². The molecule has 0 radical (unpaired) electrons. The van der Waals surface area contributed by atoms with Crippen LogP contribution in [0, 0.1) is 0 Å². The molecule has 5 rings (SSSR count). The third kappa shape index (κ3) is 4.14. The summed E-state index contributed by atoms with van der Waals surface area (Å²) >= 11 is 0. The maximum atomic E-state index is 13.5. The van der Waals surface area contributed by atoms with Gasteiger partial charge in [0.1, 0.15) is 11.6 Å². The molecule has 2 aliphatic rings. The van der Waals surface area contributed by atoms with Gasteiger partial charge in [-0.25, -0.2) is 4.98 Å². The lowest BCUT2D eigenvalue weighted by Crippen LogP contribution is -2.43. The number of nitrogens with zero attached hydrogens (tertiary/aromatic N) is 2. The quantitative estimate of drug-likeness (QED) is 0.602. The zero-order valence-corrected chi connectivity index (χ0v) is 18.3. The van der Waals surface area contributed by atoms with E-state index in [-0.39, 0.29) is 24.4 Å². The fourth-order valence-electron chi connectivity index (χ4n) is 4.58. The van der Waals surface area contributed by atoms with Crippen LogP contribution in [0.25, 0.3) is 10.9 Å². The highest BCUT2D eigenvalue weighted by Gasteiger charge is 2.33. The summed E-state index contributed by atoms with van der Waals surface area (Å²) in [5.74, 6) is -0.0985. The van der Waals surface area contributed by atoms with E-state index in [4.69, 9.17) is 15.2 Å². The molecule has 1 fully saturated rings. The first-order valence-electron chi connectivity index (χ1n) is 10.8. The SMILES string of the molecule is C[C@H]1OCc2c1c(N)nc1ccc(C(=O)N3CCOC[C@@H]3c3ccc(OC(F)(F)F)cc3)cc21. The van der Waals surface area contributed by atoms with Crippen molar-refractivity contribution in [2.24, 2.45) is 0 Å². The highest BCUT2D eigenvalue weighted by atomic mass is 19.4. The van der Waals surface area contributed by atoms with Gasteiger partial charge in [0.05, 0.1) is 37.5 Å². The Morgan fingerprint density at radius 2 is 1.97 bits per heavy atom. The molecule has 0 bridgehead atoms. The number of hydrogen-bond donors (Lipinski definition) is 1. The largest absolute Gasteiger partial charge is 0.573 e. The fourth-order valence-corrected chi connectivity index (χ4v) is 4.58. The van der Waals surface area contributed by atoms with E-state index in [9.17, 15) is 18.0 Å². The summed E-state index contributed by atoms with van der Waals surface area (Å²) in [5.41, 5.74) is 9.72. The first-order chi connectivity index (χ1) is 16.2. The van der Waals surface area contributed by atoms with E-state index in [0.717, 1.165) is 16.5 Å². The second-order valence-corrected chi connectivity index (χ2v) is 8.28. The second-order valence-electron chi connectivity index (χ2n) is 8.28. The molecule has 0 aliphatic carbocycles. The van der Waals surface area contributed by atoms with Crippen LogP contribution in [-0.2, 0) is 16.1 Å². The number of anilines is 1. The van der Waals surface area contributed by atoms with Crippen molar-refractivity contribution in [2.45, 2.75) is 32.0 Å². The van der Waals surface area contributed by atoms with E-state index in [2.05, 4.69) is 9.72 Å². The van der Waals surface area contributed by atoms with Gasteiger partial charge in [-0.2, -0.15) is 0 Å². The van der Waals surface area contributed by atoms with E-state index >= 15 is 0 Å². The molecular formula is C24H22F3N3O4. The van der Waals surface area contributed by atoms with Crippen LogP contribution in [0.4, 0.5) is 19.0 Å². The van der Waals surface area contributed by atoms with Gasteiger partial charge in [-0.05, 0) is 48.4 Å². The number of fused-ring (bicyclic) bond motifs is 3. The molecule has 1 saturated heterocycles. The van der Waals surface area contributed by atoms with Gasteiger partial charge in [-0.1, -0.05) is 12.1 Å². The monoisotopic (exact) mass is 473 g/mol. The third-order valence-electron chi connectivity index (χ3n) is 6.18. The lowest BCUT2D eigenvalue weighted by Gasteiger charge is -2.36. The highest BCUT2D eigenvalue weighted by molar-refractivity contribution is 5.99. The maximum absolute atomic E-state index is 13.5. The fraction of sp³-hybridized carbons (Fsp3) is 0.333. The number of amides is 1. The molecule has 178 valence electrons. The van der Waals surface area contributed by atoms with Gasteiger partial charge < -0.3 is 24.8 Å². The van der Waals surface area contributed by atoms with Crippen molar-refractivity contribution in [1.29, 1.82) is 0 Å². The Kier molecular flexibility index (Phi) is 5.57. The number of alkyl halides is 3. The number of rotatable bonds is 3. The average Bonchev–Trinajstić information content (AvgIpc) is 3.20. The predicted octanol–water partition coefficient (Wildman–Crippen LogP) is 4.52. The summed E-state index contributed by atoms with van der Waals surface area (Å²) in [6, 6.07) is 10.3. The molecule has 2 atom stereocenters. The van der Waals surface area contributed by atoms with Crippen molar-refractivity contribution in [3.63, 3.8) is 0 Å². The van der Waals surface area contributed by atoms with Crippen LogP contribution in [0.15, 0.2) is 42.5 Å². The topological polar surface area (TPSA) is 86.9 Å². The van der Waals surface area contributed by atoms with Crippen molar-refractivity contribution in [3.05, 3.63) is 64.7 Å². The number of carbonyl (C=O) groups is 1. The number of nitrogens with two attached hydrogens (primary N) is 1. The minimum Gasteiger partial charge on any atom is -0.406 e. The molecule has 1 amide bonds. The number of halogens is 3. The standard InChI is InChI=1S/C24H22F3N3O4/c1-13-21-18(11-33-13)17-10-15(4-7-19(17)29-22(21)28)23(31)30-8-9-32-12-20(30)14-2-5-16(6-3-14)34-24(25,26)27/h2-7,10,13,20H,8-9,11-12H2,1H3,(H2,28,29)/t13-,20-/m1/s1. The van der Waals surface area contributed by atoms with Crippen molar-refractivity contribution in [2.75, 3.05) is 25.5 Å². The summed E-state index contributed by atoms with van der Waals surface area (Å²) in [7, 11) is 0. The molecule has 0 spiro atoms. The van der Waals surface area contributed by atoms with E-state index in [0.29, 0.717) is 42.2 Å². The van der Waals surface area contributed by atoms with Crippen LogP contribution in [0.1, 0.15) is 46.1 Å². The minimum atomic E-state index is -4.77. The Morgan fingerprint density at radius 3 is 2.71 bits per heavy atom. The van der Waals surface area contributed by atoms with Gasteiger partial charge in [0, 0.05) is 23.1 Å². The molecule has 2 aromatic carbocycles. The molecule has 3 heterocycles. The van der Waals surface area contributed by atoms with Crippen LogP contribution < -0.4 is 10.5 Å². The van der Waals surface area contributed by atoms with Crippen LogP contribution in [0.5, 0.6) is 5.75 Å². The second kappa shape index (κ2) is 8.44. The van der Waals surface area contributed by atoms with Gasteiger partial charge >= 0.3 is 6.36 Å². The summed E-state index contributed by atoms with van der Waals surface area (Å²) in [5, 5.41) is 0.817. The molecular weight excluding hydrogens is 451 g/mol. The lowest BCUT2D eigenvalue weighted by molar-refractivity contribution is -0.274. The number of morpholine rings is 1. The smallest absolute Gasteiger partial charge is 0.406 e. The van der Waals surface area contributed by atoms with Crippen LogP contribution in [-0.4, -0.2) is 41.9 Å². The van der Waals surface area contributed by atoms with Crippen molar-refractivity contribution in [1.82, 2.24) is 9.88 Å². The maximum Gasteiger partial charge on any atom is 0.573 e. The first-order valence-corrected chi connectivity index (χ1v) is 10.8. The van der Waals surface area contributed by atoms with Crippen LogP contribution in [0.3, 0.4) is 0 Å². The average molecular weight is 473 g/mol. The highest BCUT2D eigenvalue weighted by Crippen LogP contribution is 2.38. The lowest BCUT2D eigenvalue weighted by atomic mass is 9.99. The van der Waals surface area contributed by atoms with Crippen LogP contribution >= 0.6 is 0 Å². The molecule has 2 aliphatic heterocycles. The van der Waals surface area contributed by atoms with E-state index in [1.807, 2.05) is 6.92 Å². The summed E-state index contributed by atoms with van der Waals surface area (Å²) in [6.45, 7) is 3.25. The number of pyridine rings is 1. The Balaban J connectivity index is 1.45. The molecule has 0 unspecified atom stereocenters. The summed E-state index contributed by atoms with van der Waals surface area (Å²) in [6.07, 6.45) is -4.94. The number of benzene rings is 2. The Bertz CT molecular complexity index is 1250. The summed E-state index contributed by atoms with van der Waals surface area (Å²) < 4.78 is 52.7. The molecule has 34 heavy (non-hydrogen) atoms. The number of carbonyl (C=O) groups excluding carboxylic acids is 1. The van der Waals surface area contributed by atoms with Crippen molar-refractivity contribution < 1.29 is 32.2 Å². The number of ether oxygens (including phenoxy) is 3. The first kappa shape index (κ1) is 22.4. The van der Waals surface area contributed by atoms with Gasteiger partial charge in [0.15, 0.2) is 0 Å². The van der Waals surface area contributed by atoms with E-state index in [1.165, 1.54) is 24.3 Å². The third-order valence-corrected chi connectivity index (χ3v) is 6.18. The Labute approximate surface area is 193 Å². The molecule has 2 N–H and O–H groups in total. The number of hydrogen-bond acceptors (Lipinski definition) is 6. The molecule has 0 saturated carbocycles. The minimum absolute atomic E-state index is 0.167. The normalized spacial score (nSPS) is 20.4. The van der Waals surface area contributed by atoms with Gasteiger partial charge in [0.25, 0.3) is 5.91 Å². The molecule has 3 aromatic rings. The molecule has 10 heteroatoms. The van der Waals surface area contributed by atoms with E-state index in [1.54, 1.807) is 23.1 Å². The van der Waals surface area contributed by atoms with Crippen molar-refractivity contribution in [3.8, 4) is 5.75 Å². The van der Waals surface area contributed by atoms with Gasteiger partial charge in [-0.3, -0.25) is 4.79 Å². The summed E-state index contributed by atoms with van der Waals surface area (Å²) in [4.78, 5) is 19.7. The Morgan fingerprint density at radius 1 is 1.21 bits per heavy atom. The van der Waals surface area contributed by atoms with Gasteiger partial charge in [0.2, 0.25) is 0 Å². The Hall–Kier alpha value is -3.37. The predicted molar refractivity (Wildman–Crippen MR) is 117 cm³/mol. The molecule has 1 aromatic heterocycles. The zero-order valence-electron chi connectivity index (χ0n) is 18.3. The number of nitrogen functional groups attached to an aromatic ring is 1. The zero-order chi connectivity index (χ0) is 24.0. The van der Waals surface area contributed by atoms with Gasteiger partial charge in [-0.15, -0.1) is 13.2 Å². The molecule has 7 nitrogen and oxygen atoms in total.